The van der Waals surface area contributed by atoms with Crippen molar-refractivity contribution in [2.45, 2.75) is 51.3 Å². The van der Waals surface area contributed by atoms with Crippen molar-refractivity contribution < 1.29 is 9.53 Å². The van der Waals surface area contributed by atoms with Crippen molar-refractivity contribution in [3.05, 3.63) is 34.6 Å². The molecule has 1 aromatic heterocycles. The summed E-state index contributed by atoms with van der Waals surface area (Å²) < 4.78 is 7.34. The standard InChI is InChI=1S/C21H28N2O3S/c1-13(2)15-10-9-14(3)11-18(15)26-19(24)12-27-21-22-17-8-6-5-7-16(17)20(25)23(21)4/h5-8,13-15,18H,9-12H2,1-4H3. The first-order chi connectivity index (χ1) is 12.9. The Balaban J connectivity index is 1.68. The summed E-state index contributed by atoms with van der Waals surface area (Å²) in [6.07, 6.45) is 3.25. The number of para-hydroxylation sites is 1. The van der Waals surface area contributed by atoms with Crippen LogP contribution in [0.5, 0.6) is 0 Å². The Hall–Kier alpha value is -1.82. The summed E-state index contributed by atoms with van der Waals surface area (Å²) in [6, 6.07) is 7.26. The third kappa shape index (κ3) is 4.54. The Morgan fingerprint density at radius 2 is 2.07 bits per heavy atom. The van der Waals surface area contributed by atoms with E-state index in [1.54, 1.807) is 13.1 Å². The number of hydrogen-bond acceptors (Lipinski definition) is 5. The summed E-state index contributed by atoms with van der Waals surface area (Å²) >= 11 is 1.26. The number of benzene rings is 1. The summed E-state index contributed by atoms with van der Waals surface area (Å²) in [5.41, 5.74) is 0.551. The third-order valence-corrected chi connectivity index (χ3v) is 6.51. The molecule has 0 radical (unpaired) electrons. The SMILES string of the molecule is CC1CCC(C(C)C)C(OC(=O)CSc2nc3ccccc3c(=O)n2C)C1. The monoisotopic (exact) mass is 388 g/mol. The van der Waals surface area contributed by atoms with Gasteiger partial charge in [0.1, 0.15) is 6.10 Å². The average molecular weight is 389 g/mol. The fraction of sp³-hybridized carbons (Fsp3) is 0.571. The molecule has 1 aliphatic carbocycles. The minimum Gasteiger partial charge on any atom is -0.461 e. The van der Waals surface area contributed by atoms with Gasteiger partial charge in [-0.25, -0.2) is 4.98 Å². The number of esters is 1. The topological polar surface area (TPSA) is 61.2 Å². The van der Waals surface area contributed by atoms with Crippen molar-refractivity contribution >= 4 is 28.6 Å². The minimum absolute atomic E-state index is 0.00441. The lowest BCUT2D eigenvalue weighted by molar-refractivity contribution is -0.152. The zero-order valence-corrected chi connectivity index (χ0v) is 17.3. The van der Waals surface area contributed by atoms with Gasteiger partial charge in [-0.2, -0.15) is 0 Å². The first-order valence-corrected chi connectivity index (χ1v) is 10.6. The first-order valence-electron chi connectivity index (χ1n) is 9.65. The highest BCUT2D eigenvalue weighted by atomic mass is 32.2. The van der Waals surface area contributed by atoms with E-state index >= 15 is 0 Å². The van der Waals surface area contributed by atoms with E-state index in [4.69, 9.17) is 4.74 Å². The van der Waals surface area contributed by atoms with Crippen LogP contribution in [0.4, 0.5) is 0 Å². The molecule has 6 heteroatoms. The van der Waals surface area contributed by atoms with Crippen LogP contribution in [0.2, 0.25) is 0 Å². The van der Waals surface area contributed by atoms with E-state index in [1.807, 2.05) is 18.2 Å². The number of fused-ring (bicyclic) bond motifs is 1. The molecule has 1 saturated carbocycles. The Labute approximate surface area is 164 Å². The number of aromatic nitrogens is 2. The molecule has 1 aromatic carbocycles. The fourth-order valence-electron chi connectivity index (χ4n) is 3.90. The van der Waals surface area contributed by atoms with E-state index in [1.165, 1.54) is 22.7 Å². The van der Waals surface area contributed by atoms with Crippen LogP contribution in [0, 0.1) is 17.8 Å². The summed E-state index contributed by atoms with van der Waals surface area (Å²) in [4.78, 5) is 29.4. The maximum atomic E-state index is 12.5. The molecule has 3 atom stereocenters. The summed E-state index contributed by atoms with van der Waals surface area (Å²) in [7, 11) is 1.69. The zero-order chi connectivity index (χ0) is 19.6. The predicted octanol–water partition coefficient (Wildman–Crippen LogP) is 4.03. The van der Waals surface area contributed by atoms with E-state index in [9.17, 15) is 9.59 Å². The van der Waals surface area contributed by atoms with Crippen molar-refractivity contribution in [3.63, 3.8) is 0 Å². The van der Waals surface area contributed by atoms with Gasteiger partial charge in [-0.15, -0.1) is 0 Å². The lowest BCUT2D eigenvalue weighted by Crippen LogP contribution is -2.36. The number of ether oxygens (including phenoxy) is 1. The number of carbonyl (C=O) groups is 1. The number of hydrogen-bond donors (Lipinski definition) is 0. The van der Waals surface area contributed by atoms with Crippen LogP contribution in [0.15, 0.2) is 34.2 Å². The molecule has 0 saturated heterocycles. The van der Waals surface area contributed by atoms with Crippen LogP contribution in [0.3, 0.4) is 0 Å². The van der Waals surface area contributed by atoms with Gasteiger partial charge in [0.2, 0.25) is 0 Å². The van der Waals surface area contributed by atoms with Crippen LogP contribution in [0.1, 0.15) is 40.0 Å². The Bertz CT molecular complexity index is 877. The normalized spacial score (nSPS) is 22.9. The molecule has 0 bridgehead atoms. The lowest BCUT2D eigenvalue weighted by Gasteiger charge is -2.36. The Morgan fingerprint density at radius 1 is 1.33 bits per heavy atom. The predicted molar refractivity (Wildman–Crippen MR) is 109 cm³/mol. The molecule has 3 unspecified atom stereocenters. The minimum atomic E-state index is -0.229. The molecule has 27 heavy (non-hydrogen) atoms. The molecule has 3 rings (SSSR count). The molecular formula is C21H28N2O3S. The highest BCUT2D eigenvalue weighted by Gasteiger charge is 2.33. The molecule has 146 valence electrons. The highest BCUT2D eigenvalue weighted by molar-refractivity contribution is 7.99. The maximum Gasteiger partial charge on any atom is 0.316 e. The van der Waals surface area contributed by atoms with Crippen LogP contribution >= 0.6 is 11.8 Å². The van der Waals surface area contributed by atoms with Gasteiger partial charge in [-0.05, 0) is 42.7 Å². The third-order valence-electron chi connectivity index (χ3n) is 5.51. The molecule has 0 aliphatic heterocycles. The Morgan fingerprint density at radius 3 is 2.81 bits per heavy atom. The summed E-state index contributed by atoms with van der Waals surface area (Å²) in [6.45, 7) is 6.62. The van der Waals surface area contributed by atoms with E-state index in [2.05, 4.69) is 25.8 Å². The zero-order valence-electron chi connectivity index (χ0n) is 16.5. The summed E-state index contributed by atoms with van der Waals surface area (Å²) in [5, 5.41) is 1.12. The Kier molecular flexibility index (Phi) is 6.25. The molecular weight excluding hydrogens is 360 g/mol. The van der Waals surface area contributed by atoms with Crippen molar-refractivity contribution in [3.8, 4) is 0 Å². The number of nitrogens with zero attached hydrogens (tertiary/aromatic N) is 2. The molecule has 2 aromatic rings. The van der Waals surface area contributed by atoms with Crippen molar-refractivity contribution in [2.24, 2.45) is 24.8 Å². The van der Waals surface area contributed by atoms with Crippen molar-refractivity contribution in [1.82, 2.24) is 9.55 Å². The second kappa shape index (κ2) is 8.46. The second-order valence-electron chi connectivity index (χ2n) is 7.92. The van der Waals surface area contributed by atoms with Crippen molar-refractivity contribution in [1.29, 1.82) is 0 Å². The fourth-order valence-corrected chi connectivity index (χ4v) is 4.66. The van der Waals surface area contributed by atoms with Gasteiger partial charge in [-0.1, -0.05) is 51.1 Å². The van der Waals surface area contributed by atoms with Gasteiger partial charge in [0.05, 0.1) is 16.7 Å². The van der Waals surface area contributed by atoms with E-state index in [-0.39, 0.29) is 23.4 Å². The van der Waals surface area contributed by atoms with Gasteiger partial charge in [0.25, 0.3) is 5.56 Å². The lowest BCUT2D eigenvalue weighted by atomic mass is 9.75. The molecule has 1 fully saturated rings. The molecule has 0 spiro atoms. The molecule has 0 N–H and O–H groups in total. The highest BCUT2D eigenvalue weighted by Crippen LogP contribution is 2.35. The van der Waals surface area contributed by atoms with Crippen molar-refractivity contribution in [2.75, 3.05) is 5.75 Å². The summed E-state index contributed by atoms with van der Waals surface area (Å²) in [5.74, 6) is 1.46. The van der Waals surface area contributed by atoms with Crippen LogP contribution in [-0.2, 0) is 16.6 Å². The van der Waals surface area contributed by atoms with Gasteiger partial charge in [0, 0.05) is 7.05 Å². The smallest absolute Gasteiger partial charge is 0.316 e. The van der Waals surface area contributed by atoms with Gasteiger partial charge in [-0.3, -0.25) is 14.2 Å². The first kappa shape index (κ1) is 19.9. The van der Waals surface area contributed by atoms with Crippen LogP contribution in [0.25, 0.3) is 10.9 Å². The van der Waals surface area contributed by atoms with Gasteiger partial charge >= 0.3 is 5.97 Å². The molecule has 1 aliphatic rings. The maximum absolute atomic E-state index is 12.5. The van der Waals surface area contributed by atoms with E-state index < -0.39 is 0 Å². The quantitative estimate of drug-likeness (QED) is 0.440. The molecule has 5 nitrogen and oxygen atoms in total. The number of carbonyl (C=O) groups excluding carboxylic acids is 1. The van der Waals surface area contributed by atoms with Gasteiger partial charge in [0.15, 0.2) is 5.16 Å². The van der Waals surface area contributed by atoms with Gasteiger partial charge < -0.3 is 4.74 Å². The average Bonchev–Trinajstić information content (AvgIpc) is 2.63. The van der Waals surface area contributed by atoms with E-state index in [0.717, 1.165) is 12.8 Å². The largest absolute Gasteiger partial charge is 0.461 e. The second-order valence-corrected chi connectivity index (χ2v) is 8.86. The van der Waals surface area contributed by atoms with E-state index in [0.29, 0.717) is 33.8 Å². The number of rotatable bonds is 5. The molecule has 1 heterocycles. The van der Waals surface area contributed by atoms with Crippen LogP contribution < -0.4 is 5.56 Å². The van der Waals surface area contributed by atoms with Crippen LogP contribution in [-0.4, -0.2) is 27.4 Å². The molecule has 0 amide bonds. The number of thioether (sulfide) groups is 1.